The van der Waals surface area contributed by atoms with Crippen LogP contribution in [0.5, 0.6) is 0 Å². The number of nitrogens with one attached hydrogen (secondary N) is 1. The highest BCUT2D eigenvalue weighted by molar-refractivity contribution is 14.1. The molecule has 0 aliphatic carbocycles. The van der Waals surface area contributed by atoms with Crippen molar-refractivity contribution in [2.24, 2.45) is 5.73 Å². The number of aromatic nitrogens is 1. The van der Waals surface area contributed by atoms with E-state index in [9.17, 15) is 4.79 Å². The maximum Gasteiger partial charge on any atom is 0.265 e. The van der Waals surface area contributed by atoms with E-state index in [2.05, 4.69) is 27.6 Å². The molecule has 1 heterocycles. The quantitative estimate of drug-likeness (QED) is 0.772. The standard InChI is InChI=1S/C9H7IN2O/c10-6-1-2-7-5(3-6)4-8(12-7)9(11)13/h1-4,12H,(H2,11,13). The molecule has 2 aromatic rings. The second-order valence-corrected chi connectivity index (χ2v) is 4.02. The van der Waals surface area contributed by atoms with E-state index in [0.29, 0.717) is 5.69 Å². The molecule has 0 saturated carbocycles. The second-order valence-electron chi connectivity index (χ2n) is 2.78. The first-order valence-electron chi connectivity index (χ1n) is 3.75. The largest absolute Gasteiger partial charge is 0.364 e. The SMILES string of the molecule is NC(=O)c1cc2cc(I)ccc2[nH]1. The number of nitrogens with two attached hydrogens (primary N) is 1. The number of benzene rings is 1. The molecule has 1 aromatic heterocycles. The van der Waals surface area contributed by atoms with Crippen LogP contribution in [-0.2, 0) is 0 Å². The zero-order valence-corrected chi connectivity index (χ0v) is 8.83. The summed E-state index contributed by atoms with van der Waals surface area (Å²) in [6, 6.07) is 7.67. The van der Waals surface area contributed by atoms with E-state index in [1.165, 1.54) is 0 Å². The van der Waals surface area contributed by atoms with Crippen molar-refractivity contribution in [2.45, 2.75) is 0 Å². The van der Waals surface area contributed by atoms with Gasteiger partial charge < -0.3 is 10.7 Å². The van der Waals surface area contributed by atoms with Crippen molar-refractivity contribution < 1.29 is 4.79 Å². The number of halogens is 1. The Morgan fingerprint density at radius 1 is 1.38 bits per heavy atom. The lowest BCUT2D eigenvalue weighted by Crippen LogP contribution is -2.10. The van der Waals surface area contributed by atoms with Gasteiger partial charge in [-0.05, 0) is 46.9 Å². The van der Waals surface area contributed by atoms with Gasteiger partial charge in [-0.3, -0.25) is 4.79 Å². The molecule has 0 atom stereocenters. The van der Waals surface area contributed by atoms with Gasteiger partial charge in [-0.1, -0.05) is 0 Å². The third-order valence-corrected chi connectivity index (χ3v) is 2.52. The van der Waals surface area contributed by atoms with Gasteiger partial charge in [0.15, 0.2) is 0 Å². The highest BCUT2D eigenvalue weighted by atomic mass is 127. The van der Waals surface area contributed by atoms with E-state index in [4.69, 9.17) is 5.73 Å². The summed E-state index contributed by atoms with van der Waals surface area (Å²) in [6.45, 7) is 0. The number of primary amides is 1. The summed E-state index contributed by atoms with van der Waals surface area (Å²) >= 11 is 2.22. The lowest BCUT2D eigenvalue weighted by Gasteiger charge is -1.89. The minimum absolute atomic E-state index is 0.425. The summed E-state index contributed by atoms with van der Waals surface area (Å²) in [5, 5.41) is 1.01. The van der Waals surface area contributed by atoms with Crippen LogP contribution in [0.3, 0.4) is 0 Å². The number of aromatic amines is 1. The van der Waals surface area contributed by atoms with Crippen LogP contribution in [0.25, 0.3) is 10.9 Å². The maximum absolute atomic E-state index is 10.8. The average molecular weight is 286 g/mol. The molecule has 3 nitrogen and oxygen atoms in total. The van der Waals surface area contributed by atoms with Crippen molar-refractivity contribution >= 4 is 39.4 Å². The molecule has 0 radical (unpaired) electrons. The van der Waals surface area contributed by atoms with E-state index in [-0.39, 0.29) is 0 Å². The van der Waals surface area contributed by atoms with Gasteiger partial charge in [0.25, 0.3) is 5.91 Å². The molecule has 0 unspecified atom stereocenters. The molecular formula is C9H7IN2O. The van der Waals surface area contributed by atoms with E-state index in [1.807, 2.05) is 18.2 Å². The van der Waals surface area contributed by atoms with Crippen molar-refractivity contribution in [1.29, 1.82) is 0 Å². The fourth-order valence-electron chi connectivity index (χ4n) is 1.24. The molecule has 0 aliphatic heterocycles. The Hall–Kier alpha value is -1.04. The van der Waals surface area contributed by atoms with Crippen molar-refractivity contribution in [3.05, 3.63) is 33.5 Å². The summed E-state index contributed by atoms with van der Waals surface area (Å²) in [6.07, 6.45) is 0. The number of carbonyl (C=O) groups is 1. The van der Waals surface area contributed by atoms with Gasteiger partial charge in [0.1, 0.15) is 5.69 Å². The Morgan fingerprint density at radius 3 is 2.85 bits per heavy atom. The van der Waals surface area contributed by atoms with Crippen LogP contribution in [0.1, 0.15) is 10.5 Å². The molecule has 1 amide bonds. The predicted octanol–water partition coefficient (Wildman–Crippen LogP) is 1.87. The van der Waals surface area contributed by atoms with Crippen LogP contribution in [0.4, 0.5) is 0 Å². The third-order valence-electron chi connectivity index (χ3n) is 1.85. The molecule has 3 N–H and O–H groups in total. The van der Waals surface area contributed by atoms with E-state index in [1.54, 1.807) is 6.07 Å². The number of amides is 1. The molecule has 13 heavy (non-hydrogen) atoms. The van der Waals surface area contributed by atoms with Crippen LogP contribution in [0, 0.1) is 3.57 Å². The van der Waals surface area contributed by atoms with Gasteiger partial charge >= 0.3 is 0 Å². The van der Waals surface area contributed by atoms with Crippen LogP contribution in [0.2, 0.25) is 0 Å². The van der Waals surface area contributed by atoms with Gasteiger partial charge in [0.2, 0.25) is 0 Å². The first-order valence-corrected chi connectivity index (χ1v) is 4.83. The topological polar surface area (TPSA) is 58.9 Å². The number of hydrogen-bond donors (Lipinski definition) is 2. The van der Waals surface area contributed by atoms with E-state index >= 15 is 0 Å². The van der Waals surface area contributed by atoms with Gasteiger partial charge in [-0.2, -0.15) is 0 Å². The Labute approximate surface area is 88.5 Å². The van der Waals surface area contributed by atoms with Crippen LogP contribution >= 0.6 is 22.6 Å². The minimum Gasteiger partial charge on any atom is -0.364 e. The molecule has 1 aromatic carbocycles. The molecule has 0 fully saturated rings. The Bertz CT molecular complexity index is 475. The second kappa shape index (κ2) is 3.02. The number of H-pyrrole nitrogens is 1. The molecule has 2 rings (SSSR count). The number of hydrogen-bond acceptors (Lipinski definition) is 1. The van der Waals surface area contributed by atoms with Gasteiger partial charge in [-0.15, -0.1) is 0 Å². The fourth-order valence-corrected chi connectivity index (χ4v) is 1.75. The highest BCUT2D eigenvalue weighted by Gasteiger charge is 2.04. The molecule has 66 valence electrons. The normalized spacial score (nSPS) is 10.5. The molecule has 0 spiro atoms. The predicted molar refractivity (Wildman–Crippen MR) is 59.5 cm³/mol. The Morgan fingerprint density at radius 2 is 2.15 bits per heavy atom. The first-order chi connectivity index (χ1) is 6.16. The van der Waals surface area contributed by atoms with Gasteiger partial charge in [-0.25, -0.2) is 0 Å². The molecule has 0 bridgehead atoms. The van der Waals surface area contributed by atoms with Crippen molar-refractivity contribution in [3.63, 3.8) is 0 Å². The lowest BCUT2D eigenvalue weighted by atomic mass is 10.2. The highest BCUT2D eigenvalue weighted by Crippen LogP contribution is 2.17. The maximum atomic E-state index is 10.8. The Balaban J connectivity index is 2.68. The molecule has 0 aliphatic rings. The summed E-state index contributed by atoms with van der Waals surface area (Å²) in [5.74, 6) is -0.425. The number of carbonyl (C=O) groups excluding carboxylic acids is 1. The summed E-state index contributed by atoms with van der Waals surface area (Å²) < 4.78 is 1.14. The third kappa shape index (κ3) is 1.53. The summed E-state index contributed by atoms with van der Waals surface area (Å²) in [5.41, 5.74) is 6.54. The average Bonchev–Trinajstić information content (AvgIpc) is 2.46. The Kier molecular flexibility index (Phi) is 1.99. The lowest BCUT2D eigenvalue weighted by molar-refractivity contribution is 0.0996. The number of rotatable bonds is 1. The zero-order chi connectivity index (χ0) is 9.42. The number of fused-ring (bicyclic) bond motifs is 1. The minimum atomic E-state index is -0.425. The van der Waals surface area contributed by atoms with Crippen molar-refractivity contribution in [2.75, 3.05) is 0 Å². The van der Waals surface area contributed by atoms with Gasteiger partial charge in [0, 0.05) is 14.5 Å². The molecule has 4 heteroatoms. The smallest absolute Gasteiger partial charge is 0.265 e. The fraction of sp³-hybridized carbons (Fsp3) is 0. The van der Waals surface area contributed by atoms with Crippen LogP contribution in [-0.4, -0.2) is 10.9 Å². The zero-order valence-electron chi connectivity index (χ0n) is 6.67. The van der Waals surface area contributed by atoms with Crippen LogP contribution < -0.4 is 5.73 Å². The summed E-state index contributed by atoms with van der Waals surface area (Å²) in [7, 11) is 0. The first kappa shape index (κ1) is 8.55. The van der Waals surface area contributed by atoms with E-state index in [0.717, 1.165) is 14.5 Å². The monoisotopic (exact) mass is 286 g/mol. The summed E-state index contributed by atoms with van der Waals surface area (Å²) in [4.78, 5) is 13.8. The van der Waals surface area contributed by atoms with Crippen molar-refractivity contribution in [3.8, 4) is 0 Å². The van der Waals surface area contributed by atoms with E-state index < -0.39 is 5.91 Å². The van der Waals surface area contributed by atoms with Gasteiger partial charge in [0.05, 0.1) is 0 Å². The molecular weight excluding hydrogens is 279 g/mol. The van der Waals surface area contributed by atoms with Crippen LogP contribution in [0.15, 0.2) is 24.3 Å². The molecule has 0 saturated heterocycles. The van der Waals surface area contributed by atoms with Crippen molar-refractivity contribution in [1.82, 2.24) is 4.98 Å².